The van der Waals surface area contributed by atoms with E-state index >= 15 is 0 Å². The van der Waals surface area contributed by atoms with Crippen LogP contribution in [-0.2, 0) is 0 Å². The lowest BCUT2D eigenvalue weighted by atomic mass is 10.1. The number of hydrogen-bond acceptors (Lipinski definition) is 2. The quantitative estimate of drug-likeness (QED) is 0.281. The molecule has 0 aromatic rings. The molecule has 3 nitrogen and oxygen atoms in total. The molecule has 0 fully saturated rings. The molecule has 0 unspecified atom stereocenters. The molecule has 0 amide bonds. The molecule has 0 saturated carbocycles. The van der Waals surface area contributed by atoms with Gasteiger partial charge < -0.3 is 17.0 Å². The van der Waals surface area contributed by atoms with E-state index in [0.717, 1.165) is 12.8 Å². The molecule has 0 atom stereocenters. The van der Waals surface area contributed by atoms with Crippen molar-refractivity contribution in [2.75, 3.05) is 6.54 Å². The second-order valence-corrected chi connectivity index (χ2v) is 6.49. The summed E-state index contributed by atoms with van der Waals surface area (Å²) in [5.41, 5.74) is 0. The van der Waals surface area contributed by atoms with Gasteiger partial charge in [-0.3, -0.25) is 0 Å². The summed E-state index contributed by atoms with van der Waals surface area (Å²) in [5.74, 6) is 0. The highest BCUT2D eigenvalue weighted by atomic mass is 79.9. The summed E-state index contributed by atoms with van der Waals surface area (Å²) in [7, 11) is 0. The van der Waals surface area contributed by atoms with Crippen molar-refractivity contribution in [3.05, 3.63) is 0 Å². The fraction of sp³-hybridized carbons (Fsp3) is 1.00. The average molecular weight is 368 g/mol. The number of quaternary nitrogens is 1. The van der Waals surface area contributed by atoms with Gasteiger partial charge in [-0.2, -0.15) is 10.4 Å². The van der Waals surface area contributed by atoms with Crippen LogP contribution in [0.15, 0.2) is 0 Å². The van der Waals surface area contributed by atoms with Gasteiger partial charge in [0.1, 0.15) is 12.6 Å². The molecule has 0 aromatic heterocycles. The van der Waals surface area contributed by atoms with Crippen LogP contribution in [0.25, 0.3) is 0 Å². The molecular weight excluding hydrogens is 330 g/mol. The van der Waals surface area contributed by atoms with Gasteiger partial charge in [-0.15, -0.1) is 0 Å². The van der Waals surface area contributed by atoms with Gasteiger partial charge >= 0.3 is 0 Å². The van der Waals surface area contributed by atoms with E-state index in [1.54, 1.807) is 0 Å². The molecule has 0 saturated heterocycles. The van der Waals surface area contributed by atoms with Crippen molar-refractivity contribution in [1.82, 2.24) is 0 Å². The van der Waals surface area contributed by atoms with E-state index in [4.69, 9.17) is 0 Å². The second-order valence-electron chi connectivity index (χ2n) is 6.49. The third-order valence-electron chi connectivity index (χ3n) is 4.17. The minimum absolute atomic E-state index is 0. The van der Waals surface area contributed by atoms with Crippen molar-refractivity contribution in [1.29, 1.82) is 0 Å². The Morgan fingerprint density at radius 3 is 1.33 bits per heavy atom. The van der Waals surface area contributed by atoms with Crippen molar-refractivity contribution in [2.24, 2.45) is 0 Å². The first-order chi connectivity index (χ1) is 9.50. The molecule has 0 aromatic carbocycles. The third kappa shape index (κ3) is 15.0. The summed E-state index contributed by atoms with van der Waals surface area (Å²) < 4.78 is 0. The molecule has 0 aliphatic heterocycles. The number of rotatable bonds is 14. The Kier molecular flexibility index (Phi) is 17.2. The first-order valence-electron chi connectivity index (χ1n) is 8.84. The zero-order valence-electron chi connectivity index (χ0n) is 14.5. The summed E-state index contributed by atoms with van der Waals surface area (Å²) in [6.45, 7) is 6.38. The third-order valence-corrected chi connectivity index (χ3v) is 4.17. The summed E-state index contributed by atoms with van der Waals surface area (Å²) in [6, 6.07) is -0.136. The number of hydrogen-bond donors (Lipinski definition) is 2. The Morgan fingerprint density at radius 2 is 1.00 bits per heavy atom. The normalized spacial score (nSPS) is 11.7. The molecule has 2 N–H and O–H groups in total. The lowest BCUT2D eigenvalue weighted by molar-refractivity contribution is -1.26. The summed E-state index contributed by atoms with van der Waals surface area (Å²) >= 11 is 0. The van der Waals surface area contributed by atoms with Crippen LogP contribution >= 0.6 is 0 Å². The van der Waals surface area contributed by atoms with Crippen molar-refractivity contribution >= 4 is 0 Å². The Hall–Kier alpha value is 0.360. The summed E-state index contributed by atoms with van der Waals surface area (Å²) in [5, 5.41) is 19.3. The van der Waals surface area contributed by atoms with Gasteiger partial charge in [0.05, 0.1) is 0 Å². The van der Waals surface area contributed by atoms with Gasteiger partial charge in [-0.25, -0.2) is 0 Å². The highest BCUT2D eigenvalue weighted by molar-refractivity contribution is 4.48. The maximum absolute atomic E-state index is 9.65. The predicted octanol–water partition coefficient (Wildman–Crippen LogP) is 2.70. The van der Waals surface area contributed by atoms with Crippen LogP contribution in [0.4, 0.5) is 0 Å². The van der Waals surface area contributed by atoms with Crippen LogP contribution in [0.1, 0.15) is 97.8 Å². The second kappa shape index (κ2) is 15.3. The SMILES string of the molecule is CCCCCCCCCCCCCC[N+](O)(O)C(C)C.[Br-]. The Morgan fingerprint density at radius 1 is 0.667 bits per heavy atom. The van der Waals surface area contributed by atoms with Gasteiger partial charge in [0.2, 0.25) is 0 Å². The van der Waals surface area contributed by atoms with Crippen molar-refractivity contribution < 1.29 is 32.2 Å². The van der Waals surface area contributed by atoms with Crippen molar-refractivity contribution in [2.45, 2.75) is 104 Å². The average Bonchev–Trinajstić information content (AvgIpc) is 2.39. The van der Waals surface area contributed by atoms with E-state index < -0.39 is 4.81 Å². The molecule has 0 aliphatic carbocycles. The van der Waals surface area contributed by atoms with Gasteiger partial charge in [0, 0.05) is 6.42 Å². The first kappa shape index (κ1) is 23.6. The maximum Gasteiger partial charge on any atom is 0.146 e. The van der Waals surface area contributed by atoms with Gasteiger partial charge in [-0.05, 0) is 25.1 Å². The van der Waals surface area contributed by atoms with Crippen LogP contribution in [0, 0.1) is 0 Å². The van der Waals surface area contributed by atoms with Crippen LogP contribution in [-0.4, -0.2) is 27.8 Å². The van der Waals surface area contributed by atoms with Crippen molar-refractivity contribution in [3.63, 3.8) is 0 Å². The molecule has 0 aliphatic rings. The smallest absolute Gasteiger partial charge is 0.146 e. The Bertz CT molecular complexity index is 211. The Labute approximate surface area is 143 Å². The number of hydroxylamine groups is 4. The molecule has 0 radical (unpaired) electrons. The lowest BCUT2D eigenvalue weighted by Gasteiger charge is -2.25. The molecule has 130 valence electrons. The maximum atomic E-state index is 9.65. The zero-order valence-corrected chi connectivity index (χ0v) is 16.1. The van der Waals surface area contributed by atoms with E-state index in [-0.39, 0.29) is 23.0 Å². The summed E-state index contributed by atoms with van der Waals surface area (Å²) in [6.07, 6.45) is 15.6. The minimum Gasteiger partial charge on any atom is -1.00 e. The molecular formula is C17H38BrNO2. The van der Waals surface area contributed by atoms with Gasteiger partial charge in [0.15, 0.2) is 0 Å². The predicted molar refractivity (Wildman–Crippen MR) is 84.9 cm³/mol. The number of halogens is 1. The van der Waals surface area contributed by atoms with E-state index in [9.17, 15) is 10.4 Å². The van der Waals surface area contributed by atoms with Crippen molar-refractivity contribution in [3.8, 4) is 0 Å². The number of nitrogens with zero attached hydrogens (tertiary/aromatic N) is 1. The van der Waals surface area contributed by atoms with Gasteiger partial charge in [-0.1, -0.05) is 71.1 Å². The van der Waals surface area contributed by atoms with E-state index in [0.29, 0.717) is 6.54 Å². The monoisotopic (exact) mass is 367 g/mol. The van der Waals surface area contributed by atoms with Crippen LogP contribution in [0.3, 0.4) is 0 Å². The Balaban J connectivity index is 0. The highest BCUT2D eigenvalue weighted by Crippen LogP contribution is 2.13. The van der Waals surface area contributed by atoms with Gasteiger partial charge in [0.25, 0.3) is 0 Å². The fourth-order valence-electron chi connectivity index (χ4n) is 2.44. The standard InChI is InChI=1S/C17H38NO2.BrH/c1-4-5-6-7-8-9-10-11-12-13-14-15-16-18(19,20)17(2)3;/h17,19-20H,4-16H2,1-3H3;1H/q+1;/p-1. The zero-order chi connectivity index (χ0) is 15.3. The molecule has 0 spiro atoms. The topological polar surface area (TPSA) is 40.5 Å². The van der Waals surface area contributed by atoms with E-state index in [2.05, 4.69) is 6.92 Å². The lowest BCUT2D eigenvalue weighted by Crippen LogP contribution is -3.00. The van der Waals surface area contributed by atoms with Crippen LogP contribution in [0.2, 0.25) is 0 Å². The molecule has 4 heteroatoms. The van der Waals surface area contributed by atoms with Crippen LogP contribution < -0.4 is 17.0 Å². The molecule has 21 heavy (non-hydrogen) atoms. The highest BCUT2D eigenvalue weighted by Gasteiger charge is 2.26. The molecule has 0 heterocycles. The first-order valence-corrected chi connectivity index (χ1v) is 8.84. The van der Waals surface area contributed by atoms with Crippen LogP contribution in [0.5, 0.6) is 0 Å². The fourth-order valence-corrected chi connectivity index (χ4v) is 2.44. The number of unbranched alkanes of at least 4 members (excludes halogenated alkanes) is 11. The molecule has 0 bridgehead atoms. The largest absolute Gasteiger partial charge is 1.00 e. The van der Waals surface area contributed by atoms with E-state index in [1.807, 2.05) is 13.8 Å². The van der Waals surface area contributed by atoms with E-state index in [1.165, 1.54) is 64.2 Å². The molecule has 0 rings (SSSR count). The summed E-state index contributed by atoms with van der Waals surface area (Å²) in [4.78, 5) is -0.822. The minimum atomic E-state index is -0.822.